The van der Waals surface area contributed by atoms with Crippen LogP contribution in [0, 0.1) is 5.92 Å². The summed E-state index contributed by atoms with van der Waals surface area (Å²) in [5.74, 6) is 0.757. The van der Waals surface area contributed by atoms with Gasteiger partial charge in [0.15, 0.2) is 0 Å². The molecule has 0 N–H and O–H groups in total. The van der Waals surface area contributed by atoms with E-state index in [2.05, 4.69) is 19.0 Å². The Balaban J connectivity index is 3.03. The van der Waals surface area contributed by atoms with Crippen molar-refractivity contribution in [1.29, 1.82) is 0 Å². The quantitative estimate of drug-likeness (QED) is 0.329. The molecule has 0 fully saturated rings. The molecule has 10 heavy (non-hydrogen) atoms. The standard InChI is InChI=1S/C8H17NO/c1-4-8(3)6-7-10-9-5-2/h5,8H,4,6-7H2,1-3H3. The Morgan fingerprint density at radius 1 is 1.60 bits per heavy atom. The van der Waals surface area contributed by atoms with Gasteiger partial charge in [-0.05, 0) is 19.3 Å². The van der Waals surface area contributed by atoms with Gasteiger partial charge in [0.1, 0.15) is 6.61 Å². The number of hydrogen-bond acceptors (Lipinski definition) is 2. The normalized spacial score (nSPS) is 13.9. The molecular weight excluding hydrogens is 126 g/mol. The Bertz CT molecular complexity index is 91.3. The van der Waals surface area contributed by atoms with Gasteiger partial charge in [-0.1, -0.05) is 25.4 Å². The number of oxime groups is 1. The van der Waals surface area contributed by atoms with Crippen LogP contribution in [0.2, 0.25) is 0 Å². The lowest BCUT2D eigenvalue weighted by Gasteiger charge is -2.05. The number of hydrogen-bond donors (Lipinski definition) is 0. The van der Waals surface area contributed by atoms with E-state index in [1.807, 2.05) is 6.92 Å². The molecule has 0 aromatic rings. The summed E-state index contributed by atoms with van der Waals surface area (Å²) in [6.45, 7) is 7.01. The van der Waals surface area contributed by atoms with E-state index in [1.54, 1.807) is 6.21 Å². The first-order valence-electron chi connectivity index (χ1n) is 3.91. The zero-order chi connectivity index (χ0) is 7.82. The molecule has 0 bridgehead atoms. The summed E-state index contributed by atoms with van der Waals surface area (Å²) in [6, 6.07) is 0. The minimum absolute atomic E-state index is 0.749. The minimum atomic E-state index is 0.749. The minimum Gasteiger partial charge on any atom is -0.396 e. The van der Waals surface area contributed by atoms with Crippen LogP contribution in [-0.4, -0.2) is 12.8 Å². The highest BCUT2D eigenvalue weighted by atomic mass is 16.6. The average molecular weight is 143 g/mol. The van der Waals surface area contributed by atoms with Gasteiger partial charge in [-0.25, -0.2) is 0 Å². The third kappa shape index (κ3) is 5.60. The molecule has 0 radical (unpaired) electrons. The summed E-state index contributed by atoms with van der Waals surface area (Å²) in [4.78, 5) is 4.92. The van der Waals surface area contributed by atoms with Crippen LogP contribution >= 0.6 is 0 Å². The van der Waals surface area contributed by atoms with E-state index < -0.39 is 0 Å². The van der Waals surface area contributed by atoms with Gasteiger partial charge < -0.3 is 4.84 Å². The third-order valence-electron chi connectivity index (χ3n) is 1.58. The SMILES string of the molecule is CC=NOCCC(C)CC. The highest BCUT2D eigenvalue weighted by Gasteiger charge is 1.96. The maximum Gasteiger partial charge on any atom is 0.117 e. The molecule has 0 rings (SSSR count). The van der Waals surface area contributed by atoms with Crippen molar-refractivity contribution in [2.75, 3.05) is 6.61 Å². The first kappa shape index (κ1) is 9.47. The van der Waals surface area contributed by atoms with Crippen molar-refractivity contribution < 1.29 is 4.84 Å². The molecule has 0 spiro atoms. The van der Waals surface area contributed by atoms with Crippen molar-refractivity contribution in [3.8, 4) is 0 Å². The molecule has 2 nitrogen and oxygen atoms in total. The molecule has 0 saturated heterocycles. The van der Waals surface area contributed by atoms with Crippen LogP contribution in [0.25, 0.3) is 0 Å². The van der Waals surface area contributed by atoms with Crippen LogP contribution in [0.1, 0.15) is 33.6 Å². The Labute approximate surface area is 63.3 Å². The molecule has 0 amide bonds. The van der Waals surface area contributed by atoms with E-state index in [0.29, 0.717) is 0 Å². The van der Waals surface area contributed by atoms with E-state index in [1.165, 1.54) is 6.42 Å². The maximum absolute atomic E-state index is 4.92. The van der Waals surface area contributed by atoms with Crippen molar-refractivity contribution in [2.45, 2.75) is 33.6 Å². The largest absolute Gasteiger partial charge is 0.396 e. The van der Waals surface area contributed by atoms with Crippen LogP contribution in [-0.2, 0) is 4.84 Å². The van der Waals surface area contributed by atoms with Crippen molar-refractivity contribution in [3.05, 3.63) is 0 Å². The van der Waals surface area contributed by atoms with E-state index in [0.717, 1.165) is 18.9 Å². The second kappa shape index (κ2) is 6.59. The molecule has 60 valence electrons. The lowest BCUT2D eigenvalue weighted by atomic mass is 10.1. The van der Waals surface area contributed by atoms with Crippen molar-refractivity contribution in [2.24, 2.45) is 11.1 Å². The van der Waals surface area contributed by atoms with Gasteiger partial charge in [0.05, 0.1) is 0 Å². The van der Waals surface area contributed by atoms with Gasteiger partial charge in [0, 0.05) is 6.21 Å². The Morgan fingerprint density at radius 2 is 2.30 bits per heavy atom. The Hall–Kier alpha value is -0.530. The molecule has 1 atom stereocenters. The van der Waals surface area contributed by atoms with Crippen LogP contribution in [0.4, 0.5) is 0 Å². The van der Waals surface area contributed by atoms with Gasteiger partial charge in [-0.2, -0.15) is 0 Å². The maximum atomic E-state index is 4.92. The van der Waals surface area contributed by atoms with Crippen molar-refractivity contribution in [1.82, 2.24) is 0 Å². The molecule has 0 aliphatic heterocycles. The van der Waals surface area contributed by atoms with Crippen LogP contribution < -0.4 is 0 Å². The monoisotopic (exact) mass is 143 g/mol. The smallest absolute Gasteiger partial charge is 0.117 e. The molecule has 0 aromatic heterocycles. The average Bonchev–Trinajstić information content (AvgIpc) is 1.98. The zero-order valence-electron chi connectivity index (χ0n) is 7.13. The molecule has 0 aromatic carbocycles. The van der Waals surface area contributed by atoms with Gasteiger partial charge in [0.25, 0.3) is 0 Å². The number of nitrogens with zero attached hydrogens (tertiary/aromatic N) is 1. The lowest BCUT2D eigenvalue weighted by molar-refractivity contribution is 0.131. The van der Waals surface area contributed by atoms with Gasteiger partial charge in [-0.15, -0.1) is 0 Å². The Kier molecular flexibility index (Phi) is 6.24. The van der Waals surface area contributed by atoms with Crippen LogP contribution in [0.15, 0.2) is 5.16 Å². The summed E-state index contributed by atoms with van der Waals surface area (Å²) in [5.41, 5.74) is 0. The fourth-order valence-electron chi connectivity index (χ4n) is 0.585. The summed E-state index contributed by atoms with van der Waals surface area (Å²) >= 11 is 0. The first-order chi connectivity index (χ1) is 4.81. The summed E-state index contributed by atoms with van der Waals surface area (Å²) in [6.07, 6.45) is 3.99. The van der Waals surface area contributed by atoms with Crippen molar-refractivity contribution >= 4 is 6.21 Å². The predicted molar refractivity (Wildman–Crippen MR) is 44.2 cm³/mol. The molecule has 2 heteroatoms. The van der Waals surface area contributed by atoms with E-state index in [-0.39, 0.29) is 0 Å². The molecule has 1 unspecified atom stereocenters. The third-order valence-corrected chi connectivity index (χ3v) is 1.58. The second-order valence-electron chi connectivity index (χ2n) is 2.50. The fourth-order valence-corrected chi connectivity index (χ4v) is 0.585. The fraction of sp³-hybridized carbons (Fsp3) is 0.875. The number of rotatable bonds is 5. The highest BCUT2D eigenvalue weighted by Crippen LogP contribution is 2.05. The van der Waals surface area contributed by atoms with Crippen molar-refractivity contribution in [3.63, 3.8) is 0 Å². The van der Waals surface area contributed by atoms with E-state index >= 15 is 0 Å². The van der Waals surface area contributed by atoms with Gasteiger partial charge >= 0.3 is 0 Å². The molecule has 0 aliphatic rings. The van der Waals surface area contributed by atoms with Gasteiger partial charge in [-0.3, -0.25) is 0 Å². The topological polar surface area (TPSA) is 21.6 Å². The highest BCUT2D eigenvalue weighted by molar-refractivity contribution is 5.52. The summed E-state index contributed by atoms with van der Waals surface area (Å²) in [7, 11) is 0. The van der Waals surface area contributed by atoms with Gasteiger partial charge in [0.2, 0.25) is 0 Å². The first-order valence-corrected chi connectivity index (χ1v) is 3.91. The molecule has 0 aliphatic carbocycles. The summed E-state index contributed by atoms with van der Waals surface area (Å²) in [5, 5.41) is 3.65. The molecule has 0 heterocycles. The Morgan fingerprint density at radius 3 is 2.80 bits per heavy atom. The zero-order valence-corrected chi connectivity index (χ0v) is 7.13. The second-order valence-corrected chi connectivity index (χ2v) is 2.50. The van der Waals surface area contributed by atoms with E-state index in [9.17, 15) is 0 Å². The molecule has 0 saturated carbocycles. The van der Waals surface area contributed by atoms with Crippen LogP contribution in [0.5, 0.6) is 0 Å². The predicted octanol–water partition coefficient (Wildman–Crippen LogP) is 2.44. The van der Waals surface area contributed by atoms with E-state index in [4.69, 9.17) is 4.84 Å². The lowest BCUT2D eigenvalue weighted by Crippen LogP contribution is -1.97. The summed E-state index contributed by atoms with van der Waals surface area (Å²) < 4.78 is 0. The van der Waals surface area contributed by atoms with Crippen LogP contribution in [0.3, 0.4) is 0 Å². The molecular formula is C8H17NO.